The maximum absolute atomic E-state index is 12.2. The Balaban J connectivity index is 2.88. The van der Waals surface area contributed by atoms with Crippen molar-refractivity contribution >= 4 is 46.6 Å². The van der Waals surface area contributed by atoms with Gasteiger partial charge in [-0.05, 0) is 10.4 Å². The molecule has 0 fully saturated rings. The second-order valence-electron chi connectivity index (χ2n) is 2.59. The highest BCUT2D eigenvalue weighted by atomic mass is 35.5. The number of nitrogens with zero attached hydrogens (tertiary/aromatic N) is 1. The Labute approximate surface area is 105 Å². The van der Waals surface area contributed by atoms with Crippen LogP contribution in [-0.2, 0) is 18.8 Å². The quantitative estimate of drug-likeness (QED) is 0.496. The summed E-state index contributed by atoms with van der Waals surface area (Å²) in [5.41, 5.74) is 3.79. The van der Waals surface area contributed by atoms with Crippen LogP contribution in [0, 0.1) is 0 Å². The molecule has 1 aromatic heterocycles. The topological polar surface area (TPSA) is 37.0 Å². The number of hydrogen-bond acceptors (Lipinski definition) is 4. The van der Waals surface area contributed by atoms with E-state index in [1.54, 1.807) is 0 Å². The fourth-order valence-electron chi connectivity index (χ4n) is 0.795. The summed E-state index contributed by atoms with van der Waals surface area (Å²) in [5, 5.41) is -0.187. The maximum Gasteiger partial charge on any atom is 0.417 e. The lowest BCUT2D eigenvalue weighted by molar-refractivity contribution is -0.137. The number of rotatable bonds is 2. The van der Waals surface area contributed by atoms with E-state index in [1.165, 1.54) is 0 Å². The van der Waals surface area contributed by atoms with Crippen LogP contribution < -0.4 is 10.9 Å². The first-order valence-electron chi connectivity index (χ1n) is 3.76. The zero-order chi connectivity index (χ0) is 12.3. The van der Waals surface area contributed by atoms with Crippen LogP contribution in [0.2, 0.25) is 5.02 Å². The Morgan fingerprint density at radius 1 is 1.50 bits per heavy atom. The number of aromatic nitrogens is 1. The number of hydrazine groups is 1. The first-order chi connectivity index (χ1) is 7.30. The predicted octanol–water partition coefficient (Wildman–Crippen LogP) is 2.50. The van der Waals surface area contributed by atoms with Crippen LogP contribution in [0.3, 0.4) is 0 Å². The molecule has 0 saturated carbocycles. The molecule has 0 aliphatic carbocycles. The van der Waals surface area contributed by atoms with Gasteiger partial charge in [-0.15, -0.1) is 0 Å². The van der Waals surface area contributed by atoms with Crippen molar-refractivity contribution in [3.05, 3.63) is 22.8 Å². The third-order valence-corrected chi connectivity index (χ3v) is 1.94. The van der Waals surface area contributed by atoms with Crippen molar-refractivity contribution in [1.29, 1.82) is 0 Å². The van der Waals surface area contributed by atoms with Gasteiger partial charge >= 0.3 is 6.18 Å². The van der Waals surface area contributed by atoms with Crippen molar-refractivity contribution in [3.63, 3.8) is 0 Å². The van der Waals surface area contributed by atoms with Gasteiger partial charge in [0.15, 0.2) is 5.82 Å². The molecule has 0 aliphatic heterocycles. The van der Waals surface area contributed by atoms with Crippen LogP contribution in [0.1, 0.15) is 5.56 Å². The van der Waals surface area contributed by atoms with E-state index in [9.17, 15) is 13.2 Å². The molecule has 0 spiro atoms. The summed E-state index contributed by atoms with van der Waals surface area (Å²) in [6.07, 6.45) is -3.82. The number of hydrogen-bond donors (Lipinski definition) is 2. The zero-order valence-electron chi connectivity index (χ0n) is 7.43. The first-order valence-corrected chi connectivity index (χ1v) is 4.96. The molecule has 0 amide bonds. The summed E-state index contributed by atoms with van der Waals surface area (Å²) >= 11 is 14.6. The SMILES string of the molecule is FC(F)(F)c1cnc(NNC(=S)[S-])c(Cl)c1. The lowest BCUT2D eigenvalue weighted by atomic mass is 10.3. The predicted molar refractivity (Wildman–Crippen MR) is 61.0 cm³/mol. The molecule has 0 radical (unpaired) electrons. The fraction of sp³-hybridized carbons (Fsp3) is 0.143. The van der Waals surface area contributed by atoms with Crippen LogP contribution in [0.5, 0.6) is 0 Å². The highest BCUT2D eigenvalue weighted by molar-refractivity contribution is 8.00. The van der Waals surface area contributed by atoms with Crippen LogP contribution in [0.25, 0.3) is 0 Å². The van der Waals surface area contributed by atoms with Gasteiger partial charge in [0.2, 0.25) is 0 Å². The third-order valence-electron chi connectivity index (χ3n) is 1.45. The van der Waals surface area contributed by atoms with Crippen LogP contribution in [-0.4, -0.2) is 9.30 Å². The minimum absolute atomic E-state index is 0.00207. The standard InChI is InChI=1S/C7H5ClF3N3S2/c8-4-1-3(7(9,10)11)2-12-5(4)13-14-6(15)16/h1-2H,(H,12,13)(H2,14,15,16)/p-1. The Morgan fingerprint density at radius 2 is 2.12 bits per heavy atom. The molecule has 16 heavy (non-hydrogen) atoms. The zero-order valence-corrected chi connectivity index (χ0v) is 9.82. The van der Waals surface area contributed by atoms with E-state index >= 15 is 0 Å². The molecule has 1 heterocycles. The van der Waals surface area contributed by atoms with E-state index in [0.717, 1.165) is 6.07 Å². The molecule has 3 nitrogen and oxygen atoms in total. The van der Waals surface area contributed by atoms with E-state index in [1.807, 2.05) is 0 Å². The van der Waals surface area contributed by atoms with E-state index in [-0.39, 0.29) is 15.2 Å². The monoisotopic (exact) mass is 286 g/mol. The lowest BCUT2D eigenvalue weighted by Gasteiger charge is -2.13. The fourth-order valence-corrected chi connectivity index (χ4v) is 1.11. The van der Waals surface area contributed by atoms with Gasteiger partial charge < -0.3 is 30.3 Å². The molecule has 2 N–H and O–H groups in total. The molecule has 88 valence electrons. The summed E-state index contributed by atoms with van der Waals surface area (Å²) in [5.74, 6) is 0.0156. The normalized spacial score (nSPS) is 11.0. The minimum Gasteiger partial charge on any atom is -0.410 e. The average molecular weight is 287 g/mol. The lowest BCUT2D eigenvalue weighted by Crippen LogP contribution is -2.26. The van der Waals surface area contributed by atoms with Crippen molar-refractivity contribution < 1.29 is 13.2 Å². The Kier molecular flexibility index (Phi) is 4.11. The number of pyridine rings is 1. The van der Waals surface area contributed by atoms with Crippen molar-refractivity contribution in [2.24, 2.45) is 0 Å². The molecule has 0 aliphatic rings. The van der Waals surface area contributed by atoms with Gasteiger partial charge in [-0.2, -0.15) is 13.2 Å². The summed E-state index contributed by atoms with van der Waals surface area (Å²) in [7, 11) is 0. The molecule has 0 unspecified atom stereocenters. The van der Waals surface area contributed by atoms with Crippen molar-refractivity contribution in [3.8, 4) is 0 Å². The van der Waals surface area contributed by atoms with Gasteiger partial charge in [0.1, 0.15) is 0 Å². The number of halogens is 4. The summed E-state index contributed by atoms with van der Waals surface area (Å²) in [4.78, 5) is 3.49. The molecule has 0 saturated heterocycles. The van der Waals surface area contributed by atoms with Gasteiger partial charge in [0.05, 0.1) is 10.6 Å². The van der Waals surface area contributed by atoms with Gasteiger partial charge in [-0.3, -0.25) is 5.43 Å². The first kappa shape index (κ1) is 13.2. The summed E-state index contributed by atoms with van der Waals surface area (Å²) in [6.45, 7) is 0. The third kappa shape index (κ3) is 3.62. The minimum atomic E-state index is -4.48. The molecule has 0 atom stereocenters. The molecule has 1 aromatic rings. The van der Waals surface area contributed by atoms with Gasteiger partial charge in [-0.1, -0.05) is 11.6 Å². The van der Waals surface area contributed by atoms with E-state index in [2.05, 4.69) is 40.7 Å². The van der Waals surface area contributed by atoms with Crippen molar-refractivity contribution in [2.45, 2.75) is 6.18 Å². The highest BCUT2D eigenvalue weighted by Gasteiger charge is 2.31. The number of anilines is 1. The molecular formula is C7H4ClF3N3S2-. The molecule has 1 rings (SSSR count). The van der Waals surface area contributed by atoms with Crippen molar-refractivity contribution in [1.82, 2.24) is 10.4 Å². The number of nitrogens with one attached hydrogen (secondary N) is 2. The van der Waals surface area contributed by atoms with Gasteiger partial charge in [0.25, 0.3) is 0 Å². The molecular weight excluding hydrogens is 283 g/mol. The molecule has 0 aromatic carbocycles. The Hall–Kier alpha value is -0.860. The van der Waals surface area contributed by atoms with Gasteiger partial charge in [0, 0.05) is 6.20 Å². The number of thiocarbonyl (C=S) groups is 1. The molecule has 0 bridgehead atoms. The maximum atomic E-state index is 12.2. The Bertz CT molecular complexity index is 410. The summed E-state index contributed by atoms with van der Waals surface area (Å²) < 4.78 is 36.7. The average Bonchev–Trinajstić information content (AvgIpc) is 2.14. The highest BCUT2D eigenvalue weighted by Crippen LogP contribution is 2.32. The van der Waals surface area contributed by atoms with Crippen LogP contribution in [0.4, 0.5) is 19.0 Å². The second kappa shape index (κ2) is 4.98. The van der Waals surface area contributed by atoms with E-state index in [4.69, 9.17) is 11.6 Å². The van der Waals surface area contributed by atoms with E-state index < -0.39 is 11.7 Å². The molecule has 9 heteroatoms. The second-order valence-corrected chi connectivity index (χ2v) is 4.07. The van der Waals surface area contributed by atoms with Gasteiger partial charge in [-0.25, -0.2) is 4.98 Å². The van der Waals surface area contributed by atoms with E-state index in [0.29, 0.717) is 6.20 Å². The number of alkyl halides is 3. The Morgan fingerprint density at radius 3 is 2.56 bits per heavy atom. The van der Waals surface area contributed by atoms with Crippen LogP contribution in [0.15, 0.2) is 12.3 Å². The smallest absolute Gasteiger partial charge is 0.410 e. The summed E-state index contributed by atoms with van der Waals surface area (Å²) in [6, 6.07) is 0.755. The van der Waals surface area contributed by atoms with Crippen LogP contribution >= 0.6 is 23.8 Å². The van der Waals surface area contributed by atoms with Crippen molar-refractivity contribution in [2.75, 3.05) is 5.43 Å². The largest absolute Gasteiger partial charge is 0.417 e.